The Bertz CT molecular complexity index is 531. The van der Waals surface area contributed by atoms with Crippen molar-refractivity contribution in [2.45, 2.75) is 102 Å². The van der Waals surface area contributed by atoms with Crippen molar-refractivity contribution in [2.24, 2.45) is 0 Å². The molecule has 9 heteroatoms. The van der Waals surface area contributed by atoms with Gasteiger partial charge in [0.25, 0.3) is 11.8 Å². The molecule has 1 fully saturated rings. The molecule has 1 rings (SSSR count). The molecule has 0 bridgehead atoms. The maximum Gasteiger partial charge on any atom is 0.333 e. The van der Waals surface area contributed by atoms with Crippen molar-refractivity contribution >= 4 is 23.8 Å². The van der Waals surface area contributed by atoms with Crippen LogP contribution >= 0.6 is 0 Å². The molecule has 0 spiro atoms. The molecule has 0 aromatic heterocycles. The molecule has 0 saturated carbocycles. The van der Waals surface area contributed by atoms with Crippen LogP contribution in [0.25, 0.3) is 0 Å². The van der Waals surface area contributed by atoms with E-state index >= 15 is 0 Å². The van der Waals surface area contributed by atoms with E-state index in [1.54, 1.807) is 0 Å². The van der Waals surface area contributed by atoms with Crippen molar-refractivity contribution in [3.63, 3.8) is 0 Å². The van der Waals surface area contributed by atoms with Gasteiger partial charge in [-0.15, -0.1) is 0 Å². The number of nitrogens with zero attached hydrogens (tertiary/aromatic N) is 1. The Morgan fingerprint density at radius 1 is 0.690 bits per heavy atom. The Kier molecular flexibility index (Phi) is 12.1. The van der Waals surface area contributed by atoms with Crippen LogP contribution in [0.1, 0.15) is 89.9 Å². The standard InChI is InChI=1S/C20H33NO8/c22-15(23)13-11-9-7-5-3-1-2-4-6-8-10-12-14-16(24)29-21-19(27)17(25)18(26)20(21)28/h17-18,25-26H,1-14H2,(H,22,23). The zero-order valence-corrected chi connectivity index (χ0v) is 16.9. The second-order valence-corrected chi connectivity index (χ2v) is 7.46. The zero-order valence-electron chi connectivity index (χ0n) is 16.9. The van der Waals surface area contributed by atoms with E-state index in [-0.39, 0.29) is 17.9 Å². The van der Waals surface area contributed by atoms with Crippen LogP contribution in [0.3, 0.4) is 0 Å². The van der Waals surface area contributed by atoms with Crippen LogP contribution in [0.4, 0.5) is 0 Å². The van der Waals surface area contributed by atoms with Crippen molar-refractivity contribution in [3.8, 4) is 0 Å². The number of hydrogen-bond donors (Lipinski definition) is 3. The highest BCUT2D eigenvalue weighted by atomic mass is 16.7. The van der Waals surface area contributed by atoms with Crippen molar-refractivity contribution in [3.05, 3.63) is 0 Å². The number of aliphatic hydroxyl groups is 2. The predicted molar refractivity (Wildman–Crippen MR) is 102 cm³/mol. The van der Waals surface area contributed by atoms with Gasteiger partial charge < -0.3 is 20.2 Å². The summed E-state index contributed by atoms with van der Waals surface area (Å²) in [5.41, 5.74) is 0. The molecule has 0 aromatic rings. The number of rotatable bonds is 16. The number of aliphatic hydroxyl groups excluding tert-OH is 2. The number of carboxylic acid groups (broad SMARTS) is 1. The minimum atomic E-state index is -1.88. The van der Waals surface area contributed by atoms with E-state index in [2.05, 4.69) is 4.84 Å². The van der Waals surface area contributed by atoms with Crippen LogP contribution in [0, 0.1) is 0 Å². The number of aliphatic carboxylic acids is 1. The third-order valence-electron chi connectivity index (χ3n) is 4.92. The van der Waals surface area contributed by atoms with Crippen LogP contribution in [0.2, 0.25) is 0 Å². The van der Waals surface area contributed by atoms with Gasteiger partial charge in [-0.05, 0) is 12.8 Å². The van der Waals surface area contributed by atoms with Gasteiger partial charge in [-0.3, -0.25) is 14.4 Å². The van der Waals surface area contributed by atoms with Crippen LogP contribution < -0.4 is 0 Å². The highest BCUT2D eigenvalue weighted by molar-refractivity contribution is 6.07. The van der Waals surface area contributed by atoms with Gasteiger partial charge in [-0.25, -0.2) is 4.79 Å². The largest absolute Gasteiger partial charge is 0.481 e. The van der Waals surface area contributed by atoms with Crippen LogP contribution in [-0.2, 0) is 24.0 Å². The number of hydrogen-bond acceptors (Lipinski definition) is 7. The minimum Gasteiger partial charge on any atom is -0.481 e. The number of unbranched alkanes of at least 4 members (excludes halogenated alkanes) is 11. The van der Waals surface area contributed by atoms with Crippen molar-refractivity contribution in [1.82, 2.24) is 5.06 Å². The Morgan fingerprint density at radius 2 is 1.03 bits per heavy atom. The highest BCUT2D eigenvalue weighted by Crippen LogP contribution is 2.16. The monoisotopic (exact) mass is 415 g/mol. The fourth-order valence-corrected chi connectivity index (χ4v) is 3.17. The Hall–Kier alpha value is -2.00. The summed E-state index contributed by atoms with van der Waals surface area (Å²) in [6.45, 7) is 0. The van der Waals surface area contributed by atoms with Gasteiger partial charge in [0, 0.05) is 12.8 Å². The van der Waals surface area contributed by atoms with Crippen molar-refractivity contribution in [2.75, 3.05) is 0 Å². The number of hydroxylamine groups is 2. The third kappa shape index (κ3) is 9.85. The topological polar surface area (TPSA) is 141 Å². The first kappa shape index (κ1) is 25.0. The van der Waals surface area contributed by atoms with Gasteiger partial charge in [0.05, 0.1) is 0 Å². The van der Waals surface area contributed by atoms with Gasteiger partial charge in [0.2, 0.25) is 0 Å². The second-order valence-electron chi connectivity index (χ2n) is 7.46. The number of imide groups is 1. The normalized spacial score (nSPS) is 19.0. The zero-order chi connectivity index (χ0) is 21.6. The smallest absolute Gasteiger partial charge is 0.333 e. The quantitative estimate of drug-likeness (QED) is 0.257. The van der Waals surface area contributed by atoms with Gasteiger partial charge in [-0.1, -0.05) is 69.3 Å². The molecule has 1 heterocycles. The Labute approximate surface area is 171 Å². The van der Waals surface area contributed by atoms with Crippen LogP contribution in [-0.4, -0.2) is 56.3 Å². The first-order valence-electron chi connectivity index (χ1n) is 10.5. The molecule has 0 radical (unpaired) electrons. The molecule has 2 atom stereocenters. The lowest BCUT2D eigenvalue weighted by molar-refractivity contribution is -0.199. The van der Waals surface area contributed by atoms with Crippen LogP contribution in [0.15, 0.2) is 0 Å². The average molecular weight is 415 g/mol. The first-order valence-corrected chi connectivity index (χ1v) is 10.5. The molecule has 1 aliphatic rings. The van der Waals surface area contributed by atoms with Crippen molar-refractivity contribution < 1.29 is 39.3 Å². The molecule has 0 aromatic carbocycles. The van der Waals surface area contributed by atoms with Gasteiger partial charge >= 0.3 is 11.9 Å². The summed E-state index contributed by atoms with van der Waals surface area (Å²) in [6.07, 6.45) is 8.69. The van der Waals surface area contributed by atoms with Gasteiger partial charge in [-0.2, -0.15) is 0 Å². The third-order valence-corrected chi connectivity index (χ3v) is 4.92. The molecule has 166 valence electrons. The summed E-state index contributed by atoms with van der Waals surface area (Å²) in [6, 6.07) is 0. The Morgan fingerprint density at radius 3 is 1.41 bits per heavy atom. The molecule has 1 aliphatic heterocycles. The number of carboxylic acids is 1. The summed E-state index contributed by atoms with van der Waals surface area (Å²) in [7, 11) is 0. The molecular formula is C20H33NO8. The van der Waals surface area contributed by atoms with E-state index in [0.717, 1.165) is 51.4 Å². The minimum absolute atomic E-state index is 0.0606. The molecule has 2 amide bonds. The lowest BCUT2D eigenvalue weighted by Gasteiger charge is -2.12. The lowest BCUT2D eigenvalue weighted by atomic mass is 10.0. The van der Waals surface area contributed by atoms with Gasteiger partial charge in [0.1, 0.15) is 0 Å². The summed E-state index contributed by atoms with van der Waals surface area (Å²) in [4.78, 5) is 49.6. The molecule has 1 saturated heterocycles. The molecule has 9 nitrogen and oxygen atoms in total. The molecular weight excluding hydrogens is 382 g/mol. The summed E-state index contributed by atoms with van der Waals surface area (Å²) in [5, 5.41) is 27.2. The SMILES string of the molecule is O=C(O)CCCCCCCCCCCCCCC(=O)ON1C(=O)C(O)C(O)C1=O. The number of carbonyl (C=O) groups excluding carboxylic acids is 3. The van der Waals surface area contributed by atoms with Crippen LogP contribution in [0.5, 0.6) is 0 Å². The van der Waals surface area contributed by atoms with Crippen molar-refractivity contribution in [1.29, 1.82) is 0 Å². The molecule has 3 N–H and O–H groups in total. The maximum atomic E-state index is 11.7. The average Bonchev–Trinajstić information content (AvgIpc) is 2.86. The number of carbonyl (C=O) groups is 4. The molecule has 0 aliphatic carbocycles. The second kappa shape index (κ2) is 14.1. The summed E-state index contributed by atoms with van der Waals surface area (Å²) in [5.74, 6) is -3.72. The van der Waals surface area contributed by atoms with E-state index < -0.39 is 36.0 Å². The van der Waals surface area contributed by atoms with E-state index in [4.69, 9.17) is 5.11 Å². The Balaban J connectivity index is 1.91. The first-order chi connectivity index (χ1) is 13.8. The summed E-state index contributed by atoms with van der Waals surface area (Å²) >= 11 is 0. The number of amides is 2. The fourth-order valence-electron chi connectivity index (χ4n) is 3.17. The summed E-state index contributed by atoms with van der Waals surface area (Å²) < 4.78 is 0. The van der Waals surface area contributed by atoms with E-state index in [1.165, 1.54) is 19.3 Å². The van der Waals surface area contributed by atoms with E-state index in [1.807, 2.05) is 0 Å². The fraction of sp³-hybridized carbons (Fsp3) is 0.800. The highest BCUT2D eigenvalue weighted by Gasteiger charge is 2.48. The van der Waals surface area contributed by atoms with E-state index in [0.29, 0.717) is 6.42 Å². The lowest BCUT2D eigenvalue weighted by Crippen LogP contribution is -2.34. The molecule has 2 unspecified atom stereocenters. The van der Waals surface area contributed by atoms with E-state index in [9.17, 15) is 29.4 Å². The maximum absolute atomic E-state index is 11.7. The predicted octanol–water partition coefficient (Wildman–Crippen LogP) is 2.08. The van der Waals surface area contributed by atoms with Gasteiger partial charge in [0.15, 0.2) is 12.2 Å². The molecule has 29 heavy (non-hydrogen) atoms.